The molecule has 2 N–H and O–H groups in total. The second-order valence-electron chi connectivity index (χ2n) is 10.3. The summed E-state index contributed by atoms with van der Waals surface area (Å²) in [6, 6.07) is 10.4. The summed E-state index contributed by atoms with van der Waals surface area (Å²) in [7, 11) is -0.968. The average Bonchev–Trinajstić information content (AvgIpc) is 3.28. The molecule has 220 valence electrons. The molecule has 11 nitrogen and oxygen atoms in total. The van der Waals surface area contributed by atoms with Gasteiger partial charge in [0.15, 0.2) is 5.75 Å². The van der Waals surface area contributed by atoms with Gasteiger partial charge < -0.3 is 20.1 Å². The molecule has 4 rings (SSSR count). The molecule has 0 spiro atoms. The molecule has 0 unspecified atom stereocenters. The number of fused-ring (bicyclic) bond motifs is 1. The summed E-state index contributed by atoms with van der Waals surface area (Å²) in [5.41, 5.74) is 1.33. The van der Waals surface area contributed by atoms with Crippen LogP contribution in [0.25, 0.3) is 0 Å². The van der Waals surface area contributed by atoms with Crippen molar-refractivity contribution >= 4 is 27.5 Å². The van der Waals surface area contributed by atoms with E-state index in [4.69, 9.17) is 4.74 Å². The minimum atomic E-state index is -4.00. The Morgan fingerprint density at radius 3 is 2.56 bits per heavy atom. The maximum absolute atomic E-state index is 13.7. The van der Waals surface area contributed by atoms with Gasteiger partial charge in [0.2, 0.25) is 10.0 Å². The minimum Gasteiger partial charge on any atom is -0.486 e. The highest BCUT2D eigenvalue weighted by atomic mass is 32.2. The van der Waals surface area contributed by atoms with Gasteiger partial charge in [0.1, 0.15) is 17.6 Å². The van der Waals surface area contributed by atoms with Crippen LogP contribution in [-0.4, -0.2) is 83.2 Å². The van der Waals surface area contributed by atoms with E-state index in [0.29, 0.717) is 11.4 Å². The Morgan fingerprint density at radius 2 is 1.95 bits per heavy atom. The summed E-state index contributed by atoms with van der Waals surface area (Å²) in [4.78, 5) is 28.3. The Kier molecular flexibility index (Phi) is 8.80. The van der Waals surface area contributed by atoms with Crippen LogP contribution in [-0.2, 0) is 17.1 Å². The molecule has 41 heavy (non-hydrogen) atoms. The number of halogens is 1. The molecule has 13 heteroatoms. The van der Waals surface area contributed by atoms with E-state index < -0.39 is 45.7 Å². The molecule has 1 aliphatic heterocycles. The van der Waals surface area contributed by atoms with Gasteiger partial charge in [-0.15, -0.1) is 0 Å². The van der Waals surface area contributed by atoms with Gasteiger partial charge in [-0.25, -0.2) is 12.8 Å². The van der Waals surface area contributed by atoms with Crippen molar-refractivity contribution in [2.24, 2.45) is 13.0 Å². The third-order valence-corrected chi connectivity index (χ3v) is 8.97. The molecule has 3 aromatic rings. The summed E-state index contributed by atoms with van der Waals surface area (Å²) in [6.07, 6.45) is -0.771. The topological polar surface area (TPSA) is 134 Å². The van der Waals surface area contributed by atoms with Gasteiger partial charge in [-0.05, 0) is 56.3 Å². The van der Waals surface area contributed by atoms with Gasteiger partial charge in [0.05, 0.1) is 41.0 Å². The summed E-state index contributed by atoms with van der Waals surface area (Å²) < 4.78 is 48.9. The number of rotatable bonds is 8. The van der Waals surface area contributed by atoms with Gasteiger partial charge in [-0.1, -0.05) is 13.0 Å². The van der Waals surface area contributed by atoms with Crippen molar-refractivity contribution in [1.29, 1.82) is 0 Å². The predicted molar refractivity (Wildman–Crippen MR) is 150 cm³/mol. The normalized spacial score (nSPS) is 18.3. The molecule has 2 heterocycles. The first-order valence-electron chi connectivity index (χ1n) is 13.1. The van der Waals surface area contributed by atoms with E-state index in [1.807, 2.05) is 6.92 Å². The highest BCUT2D eigenvalue weighted by Crippen LogP contribution is 2.35. The Balaban J connectivity index is 1.73. The summed E-state index contributed by atoms with van der Waals surface area (Å²) in [6.45, 7) is 5.07. The number of aliphatic hydroxyl groups excluding tert-OH is 1. The van der Waals surface area contributed by atoms with E-state index in [1.54, 1.807) is 45.2 Å². The van der Waals surface area contributed by atoms with Crippen molar-refractivity contribution in [1.82, 2.24) is 19.0 Å². The van der Waals surface area contributed by atoms with Gasteiger partial charge in [0, 0.05) is 26.6 Å². The molecule has 1 aromatic heterocycles. The molecule has 0 aliphatic carbocycles. The highest BCUT2D eigenvalue weighted by molar-refractivity contribution is 7.89. The largest absolute Gasteiger partial charge is 0.486 e. The molecule has 0 fully saturated rings. The molecule has 3 atom stereocenters. The number of sulfonamides is 1. The molecule has 0 bridgehead atoms. The highest BCUT2D eigenvalue weighted by Gasteiger charge is 2.36. The number of ether oxygens (including phenoxy) is 1. The lowest BCUT2D eigenvalue weighted by Gasteiger charge is -2.38. The number of hydrogen-bond acceptors (Lipinski definition) is 7. The summed E-state index contributed by atoms with van der Waals surface area (Å²) in [5.74, 6) is -1.73. The number of carbonyl (C=O) groups is 2. The fraction of sp³-hybridized carbons (Fsp3) is 0.393. The zero-order chi connectivity index (χ0) is 30.1. The molecule has 2 amide bonds. The first-order chi connectivity index (χ1) is 19.3. The zero-order valence-electron chi connectivity index (χ0n) is 23.5. The van der Waals surface area contributed by atoms with Crippen LogP contribution < -0.4 is 10.1 Å². The van der Waals surface area contributed by atoms with Crippen LogP contribution in [0.5, 0.6) is 5.75 Å². The summed E-state index contributed by atoms with van der Waals surface area (Å²) in [5, 5.41) is 16.9. The van der Waals surface area contributed by atoms with Crippen LogP contribution in [0.3, 0.4) is 0 Å². The Bertz CT molecular complexity index is 1540. The van der Waals surface area contributed by atoms with E-state index in [-0.39, 0.29) is 41.6 Å². The number of carbonyl (C=O) groups excluding carboxylic acids is 2. The lowest BCUT2D eigenvalue weighted by atomic mass is 9.99. The molecular weight excluding hydrogens is 553 g/mol. The number of anilines is 1. The molecule has 0 saturated heterocycles. The first-order valence-corrected chi connectivity index (χ1v) is 14.5. The smallest absolute Gasteiger partial charge is 0.274 e. The van der Waals surface area contributed by atoms with E-state index in [9.17, 15) is 27.5 Å². The minimum absolute atomic E-state index is 0.0783. The number of benzene rings is 2. The first kappa shape index (κ1) is 30.2. The predicted octanol–water partition coefficient (Wildman–Crippen LogP) is 2.66. The number of para-hydroxylation sites is 1. The SMILES string of the molecule is Cc1cc(C(=O)Nc2cccc3c2O[C@@H](CN(C)S(=O)(=O)c2ccc(F)cc2)[C@H](C)CN([C@H](C)CO)C3=O)n(C)n1. The number of aryl methyl sites for hydroxylation is 2. The third kappa shape index (κ3) is 6.26. The van der Waals surface area contributed by atoms with Gasteiger partial charge in [0.25, 0.3) is 11.8 Å². The van der Waals surface area contributed by atoms with Gasteiger partial charge >= 0.3 is 0 Å². The maximum atomic E-state index is 13.7. The van der Waals surface area contributed by atoms with Crippen molar-refractivity contribution in [3.05, 3.63) is 71.3 Å². The van der Waals surface area contributed by atoms with Crippen LogP contribution in [0.15, 0.2) is 53.4 Å². The lowest BCUT2D eigenvalue weighted by Crippen LogP contribution is -2.50. The van der Waals surface area contributed by atoms with Crippen molar-refractivity contribution < 1.29 is 32.2 Å². The van der Waals surface area contributed by atoms with E-state index in [1.165, 1.54) is 28.8 Å². The number of hydrogen-bond donors (Lipinski definition) is 2. The van der Waals surface area contributed by atoms with Gasteiger partial charge in [-0.3, -0.25) is 14.3 Å². The zero-order valence-corrected chi connectivity index (χ0v) is 24.4. The Morgan fingerprint density at radius 1 is 1.27 bits per heavy atom. The van der Waals surface area contributed by atoms with Crippen LogP contribution in [0.4, 0.5) is 10.1 Å². The van der Waals surface area contributed by atoms with Crippen LogP contribution >= 0.6 is 0 Å². The fourth-order valence-electron chi connectivity index (χ4n) is 4.71. The number of aliphatic hydroxyl groups is 1. The Hall–Kier alpha value is -3.81. The van der Waals surface area contributed by atoms with Crippen LogP contribution in [0.1, 0.15) is 40.4 Å². The fourth-order valence-corrected chi connectivity index (χ4v) is 5.89. The van der Waals surface area contributed by atoms with Crippen LogP contribution in [0.2, 0.25) is 0 Å². The monoisotopic (exact) mass is 587 g/mol. The quantitative estimate of drug-likeness (QED) is 0.414. The van der Waals surface area contributed by atoms with Gasteiger partial charge in [-0.2, -0.15) is 9.40 Å². The number of nitrogens with one attached hydrogen (secondary N) is 1. The van der Waals surface area contributed by atoms with E-state index >= 15 is 0 Å². The second kappa shape index (κ2) is 12.0. The number of aromatic nitrogens is 2. The molecular formula is C28H34FN5O6S. The van der Waals surface area contributed by atoms with Crippen molar-refractivity contribution in [3.8, 4) is 5.75 Å². The van der Waals surface area contributed by atoms with Crippen molar-refractivity contribution in [2.75, 3.05) is 32.1 Å². The van der Waals surface area contributed by atoms with E-state index in [2.05, 4.69) is 10.4 Å². The van der Waals surface area contributed by atoms with Crippen molar-refractivity contribution in [2.45, 2.75) is 37.8 Å². The number of likely N-dealkylation sites (N-methyl/N-ethyl adjacent to an activating group) is 1. The maximum Gasteiger partial charge on any atom is 0.274 e. The Labute approximate surface area is 238 Å². The van der Waals surface area contributed by atoms with Crippen LogP contribution in [0, 0.1) is 18.7 Å². The van der Waals surface area contributed by atoms with E-state index in [0.717, 1.165) is 16.4 Å². The number of amides is 2. The molecule has 0 radical (unpaired) electrons. The lowest BCUT2D eigenvalue weighted by molar-refractivity contribution is 0.0388. The average molecular weight is 588 g/mol. The molecule has 0 saturated carbocycles. The van der Waals surface area contributed by atoms with Crippen molar-refractivity contribution in [3.63, 3.8) is 0 Å². The molecule has 2 aromatic carbocycles. The summed E-state index contributed by atoms with van der Waals surface area (Å²) >= 11 is 0. The third-order valence-electron chi connectivity index (χ3n) is 7.13. The molecule has 1 aliphatic rings. The number of nitrogens with zero attached hydrogens (tertiary/aromatic N) is 4. The second-order valence-corrected chi connectivity index (χ2v) is 12.3. The standard InChI is InChI=1S/C28H34FN5O6S/c1-17-14-34(19(3)16-35)28(37)22-7-6-8-23(30-27(36)24-13-18(2)31-33(24)5)26(22)40-25(17)15-32(4)41(38,39)21-11-9-20(29)10-12-21/h6-13,17,19,25,35H,14-16H2,1-5H3,(H,30,36)/t17-,19-,25+/m1/s1.